The molecule has 0 saturated heterocycles. The van der Waals surface area contributed by atoms with Crippen LogP contribution in [0.4, 0.5) is 0 Å². The summed E-state index contributed by atoms with van der Waals surface area (Å²) in [5.74, 6) is 0. The molecule has 1 aromatic rings. The zero-order valence-corrected chi connectivity index (χ0v) is 10.2. The van der Waals surface area contributed by atoms with Gasteiger partial charge in [-0.05, 0) is 19.8 Å². The van der Waals surface area contributed by atoms with Crippen LogP contribution >= 0.6 is 0 Å². The lowest BCUT2D eigenvalue weighted by molar-refractivity contribution is 0.394. The van der Waals surface area contributed by atoms with Crippen molar-refractivity contribution in [1.82, 2.24) is 15.0 Å². The second-order valence-electron chi connectivity index (χ2n) is 4.91. The molecule has 1 rings (SSSR count). The molecule has 0 aromatic carbocycles. The van der Waals surface area contributed by atoms with Gasteiger partial charge in [-0.2, -0.15) is 0 Å². The van der Waals surface area contributed by atoms with Crippen LogP contribution < -0.4 is 5.73 Å². The summed E-state index contributed by atoms with van der Waals surface area (Å²) in [5.41, 5.74) is 7.09. The molecule has 0 fully saturated rings. The van der Waals surface area contributed by atoms with Gasteiger partial charge in [-0.1, -0.05) is 26.0 Å². The minimum absolute atomic E-state index is 0.0484. The number of hydrogen-bond acceptors (Lipinski definition) is 3. The van der Waals surface area contributed by atoms with Crippen molar-refractivity contribution in [1.29, 1.82) is 0 Å². The van der Waals surface area contributed by atoms with E-state index in [0.29, 0.717) is 0 Å². The van der Waals surface area contributed by atoms with Crippen LogP contribution in [0.25, 0.3) is 0 Å². The minimum atomic E-state index is 0.0484. The normalized spacial score (nSPS) is 14.2. The van der Waals surface area contributed by atoms with E-state index >= 15 is 0 Å². The zero-order valence-electron chi connectivity index (χ0n) is 10.2. The van der Waals surface area contributed by atoms with Crippen LogP contribution in [0.5, 0.6) is 0 Å². The molecule has 0 bridgehead atoms. The van der Waals surface area contributed by atoms with Gasteiger partial charge in [0.15, 0.2) is 0 Å². The van der Waals surface area contributed by atoms with Crippen molar-refractivity contribution in [2.75, 3.05) is 0 Å². The Hall–Kier alpha value is -0.900. The Morgan fingerprint density at radius 1 is 1.53 bits per heavy atom. The summed E-state index contributed by atoms with van der Waals surface area (Å²) in [6, 6.07) is 0.199. The maximum absolute atomic E-state index is 5.86. The maximum atomic E-state index is 5.86. The van der Waals surface area contributed by atoms with E-state index < -0.39 is 0 Å². The van der Waals surface area contributed by atoms with Gasteiger partial charge in [0.1, 0.15) is 0 Å². The number of hydrogen-bond donors (Lipinski definition) is 1. The first-order valence-electron chi connectivity index (χ1n) is 5.62. The second-order valence-corrected chi connectivity index (χ2v) is 4.91. The fourth-order valence-electron chi connectivity index (χ4n) is 2.07. The summed E-state index contributed by atoms with van der Waals surface area (Å²) in [6.07, 6.45) is 3.88. The highest BCUT2D eigenvalue weighted by Gasteiger charge is 2.26. The van der Waals surface area contributed by atoms with Crippen molar-refractivity contribution in [2.45, 2.75) is 58.5 Å². The highest BCUT2D eigenvalue weighted by atomic mass is 15.4. The highest BCUT2D eigenvalue weighted by Crippen LogP contribution is 2.27. The Balaban J connectivity index is 2.88. The smallest absolute Gasteiger partial charge is 0.0730 e. The van der Waals surface area contributed by atoms with Gasteiger partial charge in [-0.25, -0.2) is 4.68 Å². The molecule has 15 heavy (non-hydrogen) atoms. The van der Waals surface area contributed by atoms with E-state index in [2.05, 4.69) is 31.1 Å². The first-order chi connectivity index (χ1) is 6.97. The first-order valence-corrected chi connectivity index (χ1v) is 5.62. The van der Waals surface area contributed by atoms with Crippen LogP contribution in [0, 0.1) is 0 Å². The summed E-state index contributed by atoms with van der Waals surface area (Å²) in [7, 11) is 0. The molecule has 2 N–H and O–H groups in total. The average Bonchev–Trinajstić information content (AvgIpc) is 2.51. The van der Waals surface area contributed by atoms with Gasteiger partial charge in [0.05, 0.1) is 11.9 Å². The average molecular weight is 210 g/mol. The van der Waals surface area contributed by atoms with Gasteiger partial charge in [-0.15, -0.1) is 5.10 Å². The number of aromatic nitrogens is 3. The van der Waals surface area contributed by atoms with Gasteiger partial charge in [0, 0.05) is 18.0 Å². The van der Waals surface area contributed by atoms with Crippen LogP contribution in [0.3, 0.4) is 0 Å². The third-order valence-electron chi connectivity index (χ3n) is 2.58. The summed E-state index contributed by atoms with van der Waals surface area (Å²) < 4.78 is 1.99. The van der Waals surface area contributed by atoms with E-state index in [0.717, 1.165) is 19.4 Å². The highest BCUT2D eigenvalue weighted by molar-refractivity contribution is 5.10. The van der Waals surface area contributed by atoms with Crippen molar-refractivity contribution in [2.24, 2.45) is 5.73 Å². The summed E-state index contributed by atoms with van der Waals surface area (Å²) in [4.78, 5) is 0. The largest absolute Gasteiger partial charge is 0.328 e. The van der Waals surface area contributed by atoms with Gasteiger partial charge < -0.3 is 5.73 Å². The van der Waals surface area contributed by atoms with Gasteiger partial charge in [0.2, 0.25) is 0 Å². The molecular formula is C11H22N4. The Morgan fingerprint density at radius 3 is 2.73 bits per heavy atom. The SMILES string of the molecule is CCCn1nncc1C(C)(C)CC(C)N. The lowest BCUT2D eigenvalue weighted by atomic mass is 9.83. The van der Waals surface area contributed by atoms with E-state index in [9.17, 15) is 0 Å². The van der Waals surface area contributed by atoms with Gasteiger partial charge in [-0.3, -0.25) is 0 Å². The van der Waals surface area contributed by atoms with E-state index in [1.807, 2.05) is 17.8 Å². The molecule has 1 unspecified atom stereocenters. The van der Waals surface area contributed by atoms with Crippen molar-refractivity contribution < 1.29 is 0 Å². The van der Waals surface area contributed by atoms with E-state index in [-0.39, 0.29) is 11.5 Å². The van der Waals surface area contributed by atoms with Crippen LogP contribution in [0.15, 0.2) is 6.20 Å². The molecule has 4 heteroatoms. The van der Waals surface area contributed by atoms with Crippen molar-refractivity contribution in [3.8, 4) is 0 Å². The van der Waals surface area contributed by atoms with Gasteiger partial charge in [0.25, 0.3) is 0 Å². The van der Waals surface area contributed by atoms with Crippen molar-refractivity contribution >= 4 is 0 Å². The first kappa shape index (κ1) is 12.2. The quantitative estimate of drug-likeness (QED) is 0.804. The third-order valence-corrected chi connectivity index (χ3v) is 2.58. The van der Waals surface area contributed by atoms with E-state index in [1.54, 1.807) is 0 Å². The molecule has 0 saturated carbocycles. The fourth-order valence-corrected chi connectivity index (χ4v) is 2.07. The molecule has 86 valence electrons. The molecule has 1 atom stereocenters. The number of aryl methyl sites for hydroxylation is 1. The second kappa shape index (κ2) is 4.75. The fraction of sp³-hybridized carbons (Fsp3) is 0.818. The standard InChI is InChI=1S/C11H22N4/c1-5-6-15-10(8-13-14-15)11(3,4)7-9(2)12/h8-9H,5-7,12H2,1-4H3. The third kappa shape index (κ3) is 3.02. The van der Waals surface area contributed by atoms with Crippen LogP contribution in [0.1, 0.15) is 46.2 Å². The summed E-state index contributed by atoms with van der Waals surface area (Å²) in [6.45, 7) is 9.50. The van der Waals surface area contributed by atoms with Crippen LogP contribution in [0.2, 0.25) is 0 Å². The molecule has 0 aliphatic heterocycles. The summed E-state index contributed by atoms with van der Waals surface area (Å²) >= 11 is 0. The van der Waals surface area contributed by atoms with Crippen LogP contribution in [-0.4, -0.2) is 21.0 Å². The topological polar surface area (TPSA) is 56.7 Å². The number of nitrogens with two attached hydrogens (primary N) is 1. The van der Waals surface area contributed by atoms with Crippen molar-refractivity contribution in [3.05, 3.63) is 11.9 Å². The lowest BCUT2D eigenvalue weighted by Gasteiger charge is -2.26. The molecule has 0 spiro atoms. The number of nitrogens with zero attached hydrogens (tertiary/aromatic N) is 3. The molecule has 0 aliphatic carbocycles. The summed E-state index contributed by atoms with van der Waals surface area (Å²) in [5, 5.41) is 8.09. The molecule has 0 amide bonds. The van der Waals surface area contributed by atoms with E-state index in [4.69, 9.17) is 5.73 Å². The lowest BCUT2D eigenvalue weighted by Crippen LogP contribution is -2.30. The Labute approximate surface area is 91.9 Å². The predicted molar refractivity (Wildman–Crippen MR) is 61.6 cm³/mol. The Morgan fingerprint density at radius 2 is 2.20 bits per heavy atom. The zero-order chi connectivity index (χ0) is 11.5. The van der Waals surface area contributed by atoms with Crippen molar-refractivity contribution in [3.63, 3.8) is 0 Å². The molecule has 0 aliphatic rings. The number of rotatable bonds is 5. The molecule has 4 nitrogen and oxygen atoms in total. The van der Waals surface area contributed by atoms with Gasteiger partial charge >= 0.3 is 0 Å². The predicted octanol–water partition coefficient (Wildman–Crippen LogP) is 1.70. The minimum Gasteiger partial charge on any atom is -0.328 e. The molecular weight excluding hydrogens is 188 g/mol. The molecule has 1 heterocycles. The maximum Gasteiger partial charge on any atom is 0.0730 e. The molecule has 0 radical (unpaired) electrons. The Bertz CT molecular complexity index is 301. The van der Waals surface area contributed by atoms with Crippen LogP contribution in [-0.2, 0) is 12.0 Å². The van der Waals surface area contributed by atoms with E-state index in [1.165, 1.54) is 5.69 Å². The monoisotopic (exact) mass is 210 g/mol. The molecule has 1 aromatic heterocycles. The Kier molecular flexibility index (Phi) is 3.85.